The first kappa shape index (κ1) is 14.5. The van der Waals surface area contributed by atoms with Crippen molar-refractivity contribution >= 4 is 17.1 Å². The first-order valence-corrected chi connectivity index (χ1v) is 7.24. The van der Waals surface area contributed by atoms with Crippen LogP contribution < -0.4 is 5.32 Å². The molecule has 6 heteroatoms. The van der Waals surface area contributed by atoms with E-state index in [1.807, 2.05) is 6.92 Å². The van der Waals surface area contributed by atoms with Crippen molar-refractivity contribution in [2.75, 3.05) is 13.1 Å². The van der Waals surface area contributed by atoms with Gasteiger partial charge in [-0.15, -0.1) is 0 Å². The van der Waals surface area contributed by atoms with E-state index in [9.17, 15) is 18.0 Å². The second-order valence-corrected chi connectivity index (χ2v) is 5.65. The molecule has 1 fully saturated rings. The highest BCUT2D eigenvalue weighted by atomic mass is 32.1. The third kappa shape index (κ3) is 2.69. The maximum Gasteiger partial charge on any atom is 0.417 e. The maximum atomic E-state index is 12.9. The second-order valence-electron chi connectivity index (χ2n) is 4.91. The van der Waals surface area contributed by atoms with Crippen molar-refractivity contribution in [2.45, 2.75) is 32.4 Å². The molecule has 2 nitrogen and oxygen atoms in total. The van der Waals surface area contributed by atoms with E-state index in [1.54, 1.807) is 0 Å². The number of carbonyl (C=O) groups is 1. The summed E-state index contributed by atoms with van der Waals surface area (Å²) in [6.45, 7) is 3.25. The van der Waals surface area contributed by atoms with Gasteiger partial charge >= 0.3 is 6.18 Å². The van der Waals surface area contributed by atoms with E-state index in [-0.39, 0.29) is 11.3 Å². The van der Waals surface area contributed by atoms with Crippen LogP contribution in [0, 0.1) is 5.41 Å². The van der Waals surface area contributed by atoms with Crippen LogP contribution in [-0.2, 0) is 6.18 Å². The average molecular weight is 291 g/mol. The van der Waals surface area contributed by atoms with E-state index in [1.165, 1.54) is 5.38 Å². The van der Waals surface area contributed by atoms with Crippen molar-refractivity contribution < 1.29 is 18.0 Å². The third-order valence-corrected chi connectivity index (χ3v) is 4.67. The van der Waals surface area contributed by atoms with Crippen LogP contribution >= 0.6 is 11.3 Å². The first-order chi connectivity index (χ1) is 8.91. The number of Topliss-reactive ketones (excluding diaryl/α,β-unsaturated/α-hetero) is 1. The highest BCUT2D eigenvalue weighted by Crippen LogP contribution is 2.41. The Morgan fingerprint density at radius 3 is 2.53 bits per heavy atom. The summed E-state index contributed by atoms with van der Waals surface area (Å²) in [5.41, 5.74) is -1.57. The molecule has 0 bridgehead atoms. The van der Waals surface area contributed by atoms with Crippen molar-refractivity contribution in [3.63, 3.8) is 0 Å². The van der Waals surface area contributed by atoms with Crippen LogP contribution in [0.15, 0.2) is 10.8 Å². The lowest BCUT2D eigenvalue weighted by atomic mass is 9.71. The van der Waals surface area contributed by atoms with Crippen molar-refractivity contribution in [1.29, 1.82) is 0 Å². The van der Waals surface area contributed by atoms with Crippen molar-refractivity contribution in [1.82, 2.24) is 5.32 Å². The number of carbonyl (C=O) groups excluding carboxylic acids is 1. The Kier molecular flexibility index (Phi) is 4.01. The lowest BCUT2D eigenvalue weighted by Crippen LogP contribution is -2.42. The predicted octanol–water partition coefficient (Wildman–Crippen LogP) is 3.73. The van der Waals surface area contributed by atoms with Crippen LogP contribution in [0.3, 0.4) is 0 Å². The highest BCUT2D eigenvalue weighted by Gasteiger charge is 2.43. The summed E-state index contributed by atoms with van der Waals surface area (Å²) >= 11 is 0.938. The van der Waals surface area contributed by atoms with Gasteiger partial charge in [0.25, 0.3) is 0 Å². The molecule has 19 heavy (non-hydrogen) atoms. The molecule has 0 aromatic carbocycles. The average Bonchev–Trinajstić information content (AvgIpc) is 2.87. The minimum Gasteiger partial charge on any atom is -0.317 e. The van der Waals surface area contributed by atoms with Gasteiger partial charge in [-0.3, -0.25) is 4.79 Å². The van der Waals surface area contributed by atoms with Gasteiger partial charge in [-0.2, -0.15) is 24.5 Å². The Hall–Kier alpha value is -0.880. The number of nitrogens with one attached hydrogen (secondary N) is 1. The molecule has 2 heterocycles. The molecular formula is C13H16F3NOS. The summed E-state index contributed by atoms with van der Waals surface area (Å²) < 4.78 is 38.6. The van der Waals surface area contributed by atoms with Gasteiger partial charge in [-0.1, -0.05) is 6.92 Å². The quantitative estimate of drug-likeness (QED) is 0.860. The summed E-state index contributed by atoms with van der Waals surface area (Å²) in [6.07, 6.45) is -2.65. The van der Waals surface area contributed by atoms with Crippen LogP contribution in [0.1, 0.15) is 42.1 Å². The van der Waals surface area contributed by atoms with Gasteiger partial charge in [0.05, 0.1) is 5.56 Å². The van der Waals surface area contributed by atoms with Gasteiger partial charge < -0.3 is 5.32 Å². The second kappa shape index (κ2) is 5.25. The normalized spacial score (nSPS) is 19.4. The van der Waals surface area contributed by atoms with Gasteiger partial charge in [0, 0.05) is 21.7 Å². The highest BCUT2D eigenvalue weighted by molar-refractivity contribution is 7.08. The number of halogens is 3. The molecule has 1 aromatic heterocycles. The van der Waals surface area contributed by atoms with E-state index in [4.69, 9.17) is 0 Å². The number of thiophene rings is 1. The Morgan fingerprint density at radius 2 is 2.00 bits per heavy atom. The molecule has 1 aliphatic heterocycles. The van der Waals surface area contributed by atoms with Crippen LogP contribution in [0.25, 0.3) is 0 Å². The van der Waals surface area contributed by atoms with Crippen LogP contribution in [0.5, 0.6) is 0 Å². The molecule has 0 radical (unpaired) electrons. The zero-order chi connectivity index (χ0) is 14.1. The van der Waals surface area contributed by atoms with Gasteiger partial charge in [0.1, 0.15) is 0 Å². The molecular weight excluding hydrogens is 275 g/mol. The topological polar surface area (TPSA) is 29.1 Å². The number of alkyl halides is 3. The zero-order valence-corrected chi connectivity index (χ0v) is 11.5. The zero-order valence-electron chi connectivity index (χ0n) is 10.6. The van der Waals surface area contributed by atoms with Gasteiger partial charge in [-0.05, 0) is 32.4 Å². The molecule has 0 amide bonds. The number of rotatable bonds is 3. The van der Waals surface area contributed by atoms with Crippen molar-refractivity contribution in [3.05, 3.63) is 21.9 Å². The van der Waals surface area contributed by atoms with E-state index in [0.29, 0.717) is 32.4 Å². The minimum absolute atomic E-state index is 0.152. The molecule has 0 unspecified atom stereocenters. The summed E-state index contributed by atoms with van der Waals surface area (Å²) in [7, 11) is 0. The van der Waals surface area contributed by atoms with Crippen LogP contribution in [0.2, 0.25) is 0 Å². The lowest BCUT2D eigenvalue weighted by Gasteiger charge is -2.35. The minimum atomic E-state index is -4.45. The Labute approximate surface area is 114 Å². The molecule has 2 rings (SSSR count). The lowest BCUT2D eigenvalue weighted by molar-refractivity contribution is -0.137. The fourth-order valence-electron chi connectivity index (χ4n) is 2.62. The third-order valence-electron chi connectivity index (χ3n) is 3.93. The monoisotopic (exact) mass is 291 g/mol. The first-order valence-electron chi connectivity index (χ1n) is 6.29. The Morgan fingerprint density at radius 1 is 1.37 bits per heavy atom. The van der Waals surface area contributed by atoms with Gasteiger partial charge in [0.15, 0.2) is 5.78 Å². The van der Waals surface area contributed by atoms with E-state index in [2.05, 4.69) is 5.32 Å². The molecule has 1 aliphatic rings. The molecule has 1 aromatic rings. The molecule has 1 saturated heterocycles. The summed E-state index contributed by atoms with van der Waals surface area (Å²) in [5.74, 6) is -0.343. The van der Waals surface area contributed by atoms with E-state index >= 15 is 0 Å². The molecule has 0 atom stereocenters. The fraction of sp³-hybridized carbons (Fsp3) is 0.615. The maximum absolute atomic E-state index is 12.9. The van der Waals surface area contributed by atoms with Crippen molar-refractivity contribution in [3.8, 4) is 0 Å². The number of piperidine rings is 1. The van der Waals surface area contributed by atoms with Gasteiger partial charge in [0.2, 0.25) is 0 Å². The van der Waals surface area contributed by atoms with Crippen LogP contribution in [0.4, 0.5) is 13.2 Å². The Balaban J connectivity index is 2.36. The molecule has 0 spiro atoms. The summed E-state index contributed by atoms with van der Waals surface area (Å²) in [6, 6.07) is 0. The molecule has 0 saturated carbocycles. The largest absolute Gasteiger partial charge is 0.417 e. The van der Waals surface area contributed by atoms with E-state index in [0.717, 1.165) is 16.7 Å². The smallest absolute Gasteiger partial charge is 0.317 e. The SMILES string of the molecule is CCC1(C(=O)c2cscc2C(F)(F)F)CCNCC1. The number of ketones is 1. The number of hydrogen-bond donors (Lipinski definition) is 1. The summed E-state index contributed by atoms with van der Waals surface area (Å²) in [4.78, 5) is 12.6. The molecule has 106 valence electrons. The Bertz CT molecular complexity index is 461. The number of hydrogen-bond acceptors (Lipinski definition) is 3. The molecule has 1 N–H and O–H groups in total. The van der Waals surface area contributed by atoms with Crippen molar-refractivity contribution in [2.24, 2.45) is 5.41 Å². The van der Waals surface area contributed by atoms with Gasteiger partial charge in [-0.25, -0.2) is 0 Å². The van der Waals surface area contributed by atoms with E-state index < -0.39 is 17.2 Å². The van der Waals surface area contributed by atoms with Crippen LogP contribution in [-0.4, -0.2) is 18.9 Å². The standard InChI is InChI=1S/C13H16F3NOS/c1-2-12(3-5-17-6-4-12)11(18)9-7-19-8-10(9)13(14,15)16/h7-8,17H,2-6H2,1H3. The fourth-order valence-corrected chi connectivity index (χ4v) is 3.46. The predicted molar refractivity (Wildman–Crippen MR) is 68.5 cm³/mol. The summed E-state index contributed by atoms with van der Waals surface area (Å²) in [5, 5.41) is 5.51. The molecule has 0 aliphatic carbocycles.